The highest BCUT2D eigenvalue weighted by Crippen LogP contribution is 2.28. The number of amides is 2. The van der Waals surface area contributed by atoms with Crippen molar-refractivity contribution in [2.45, 2.75) is 18.7 Å². The van der Waals surface area contributed by atoms with Gasteiger partial charge in [0.25, 0.3) is 5.91 Å². The van der Waals surface area contributed by atoms with Gasteiger partial charge in [0.05, 0.1) is 12.4 Å². The van der Waals surface area contributed by atoms with Gasteiger partial charge in [0, 0.05) is 4.90 Å². The van der Waals surface area contributed by atoms with Crippen molar-refractivity contribution >= 4 is 35.4 Å². The molecule has 0 atom stereocenters. The first-order valence-corrected chi connectivity index (χ1v) is 8.60. The molecule has 1 aromatic carbocycles. The summed E-state index contributed by atoms with van der Waals surface area (Å²) in [6.45, 7) is 3.19. The molecular weight excluding hydrogens is 363 g/mol. The predicted octanol–water partition coefficient (Wildman–Crippen LogP) is 2.73. The first kappa shape index (κ1) is 19.5. The summed E-state index contributed by atoms with van der Waals surface area (Å²) in [5.41, 5.74) is 4.97. The van der Waals surface area contributed by atoms with E-state index in [2.05, 4.69) is 5.32 Å². The largest absolute Gasteiger partial charge is 0.462 e. The van der Waals surface area contributed by atoms with E-state index in [0.29, 0.717) is 4.90 Å². The van der Waals surface area contributed by atoms with Crippen molar-refractivity contribution in [2.24, 2.45) is 5.73 Å². The van der Waals surface area contributed by atoms with Gasteiger partial charge in [-0.25, -0.2) is 9.18 Å². The van der Waals surface area contributed by atoms with Gasteiger partial charge in [0.15, 0.2) is 0 Å². The molecule has 3 N–H and O–H groups in total. The number of hydrogen-bond acceptors (Lipinski definition) is 6. The number of carbonyl (C=O) groups is 3. The number of primary amides is 1. The zero-order valence-electron chi connectivity index (χ0n) is 14.1. The maximum atomic E-state index is 12.9. The number of benzene rings is 1. The van der Waals surface area contributed by atoms with Crippen LogP contribution in [0.4, 0.5) is 10.3 Å². The second-order valence-electron chi connectivity index (χ2n) is 5.11. The van der Waals surface area contributed by atoms with E-state index in [4.69, 9.17) is 14.9 Å². The first-order valence-electron chi connectivity index (χ1n) is 7.62. The van der Waals surface area contributed by atoms with E-state index in [1.165, 1.54) is 43.0 Å². The highest BCUT2D eigenvalue weighted by molar-refractivity contribution is 8.00. The van der Waals surface area contributed by atoms with E-state index in [1.54, 1.807) is 6.92 Å². The maximum absolute atomic E-state index is 12.9. The average molecular weight is 380 g/mol. The summed E-state index contributed by atoms with van der Waals surface area (Å²) in [7, 11) is 0. The van der Waals surface area contributed by atoms with Crippen LogP contribution in [0, 0.1) is 12.7 Å². The van der Waals surface area contributed by atoms with E-state index in [9.17, 15) is 18.8 Å². The number of thioether (sulfide) groups is 1. The van der Waals surface area contributed by atoms with Gasteiger partial charge in [-0.05, 0) is 38.1 Å². The zero-order chi connectivity index (χ0) is 19.3. The number of hydrogen-bond donors (Lipinski definition) is 2. The third-order valence-electron chi connectivity index (χ3n) is 3.25. The molecule has 0 aliphatic heterocycles. The van der Waals surface area contributed by atoms with E-state index in [0.717, 1.165) is 0 Å². The normalized spacial score (nSPS) is 10.4. The van der Waals surface area contributed by atoms with Crippen LogP contribution in [-0.2, 0) is 9.53 Å². The number of carbonyl (C=O) groups excluding carboxylic acids is 3. The Kier molecular flexibility index (Phi) is 6.40. The predicted molar refractivity (Wildman–Crippen MR) is 93.7 cm³/mol. The minimum atomic E-state index is -0.925. The molecule has 0 spiro atoms. The van der Waals surface area contributed by atoms with Gasteiger partial charge in [-0.15, -0.1) is 11.8 Å². The van der Waals surface area contributed by atoms with Crippen molar-refractivity contribution in [1.82, 2.24) is 0 Å². The van der Waals surface area contributed by atoms with Gasteiger partial charge in [-0.3, -0.25) is 14.9 Å². The third kappa shape index (κ3) is 4.63. The Balaban J connectivity index is 2.14. The number of rotatable bonds is 7. The van der Waals surface area contributed by atoms with E-state index in [1.807, 2.05) is 0 Å². The highest BCUT2D eigenvalue weighted by Gasteiger charge is 2.29. The van der Waals surface area contributed by atoms with Gasteiger partial charge in [0.1, 0.15) is 22.7 Å². The third-order valence-corrected chi connectivity index (χ3v) is 4.26. The molecule has 138 valence electrons. The molecule has 0 fully saturated rings. The summed E-state index contributed by atoms with van der Waals surface area (Å²) in [6, 6.07) is 5.65. The van der Waals surface area contributed by atoms with Gasteiger partial charge in [-0.1, -0.05) is 0 Å². The van der Waals surface area contributed by atoms with Crippen LogP contribution >= 0.6 is 11.8 Å². The lowest BCUT2D eigenvalue weighted by Gasteiger charge is -2.05. The van der Waals surface area contributed by atoms with E-state index >= 15 is 0 Å². The number of nitrogens with two attached hydrogens (primary N) is 1. The van der Waals surface area contributed by atoms with Crippen molar-refractivity contribution in [3.05, 3.63) is 47.0 Å². The summed E-state index contributed by atoms with van der Waals surface area (Å²) in [4.78, 5) is 36.5. The maximum Gasteiger partial charge on any atom is 0.342 e. The van der Waals surface area contributed by atoms with Crippen LogP contribution in [0.5, 0.6) is 0 Å². The van der Waals surface area contributed by atoms with Gasteiger partial charge < -0.3 is 14.9 Å². The van der Waals surface area contributed by atoms with Crippen molar-refractivity contribution in [1.29, 1.82) is 0 Å². The molecule has 7 nitrogen and oxygen atoms in total. The summed E-state index contributed by atoms with van der Waals surface area (Å²) >= 11 is 1.17. The van der Waals surface area contributed by atoms with Gasteiger partial charge >= 0.3 is 5.97 Å². The lowest BCUT2D eigenvalue weighted by molar-refractivity contribution is -0.113. The van der Waals surface area contributed by atoms with Crippen LogP contribution in [0.2, 0.25) is 0 Å². The Morgan fingerprint density at radius 2 is 1.88 bits per heavy atom. The first-order chi connectivity index (χ1) is 12.3. The van der Waals surface area contributed by atoms with Crippen molar-refractivity contribution in [3.63, 3.8) is 0 Å². The molecule has 0 radical (unpaired) electrons. The molecule has 2 aromatic rings. The number of anilines is 1. The Bertz CT molecular complexity index is 832. The lowest BCUT2D eigenvalue weighted by atomic mass is 10.1. The molecule has 0 saturated heterocycles. The molecule has 2 amide bonds. The van der Waals surface area contributed by atoms with Crippen LogP contribution in [-0.4, -0.2) is 30.1 Å². The molecule has 26 heavy (non-hydrogen) atoms. The van der Waals surface area contributed by atoms with Crippen molar-refractivity contribution in [2.75, 3.05) is 17.7 Å². The van der Waals surface area contributed by atoms with Gasteiger partial charge in [-0.2, -0.15) is 0 Å². The molecule has 0 bridgehead atoms. The fourth-order valence-corrected chi connectivity index (χ4v) is 2.86. The molecule has 0 unspecified atom stereocenters. The monoisotopic (exact) mass is 380 g/mol. The van der Waals surface area contributed by atoms with Crippen LogP contribution in [0.15, 0.2) is 33.6 Å². The summed E-state index contributed by atoms with van der Waals surface area (Å²) in [6.07, 6.45) is 0. The Morgan fingerprint density at radius 1 is 1.23 bits per heavy atom. The minimum absolute atomic E-state index is 0.0156. The number of furan rings is 1. The lowest BCUT2D eigenvalue weighted by Crippen LogP contribution is -2.21. The van der Waals surface area contributed by atoms with Crippen LogP contribution < -0.4 is 11.1 Å². The molecule has 0 aliphatic carbocycles. The number of ether oxygens (including phenoxy) is 1. The smallest absolute Gasteiger partial charge is 0.342 e. The average Bonchev–Trinajstić information content (AvgIpc) is 2.90. The summed E-state index contributed by atoms with van der Waals surface area (Å²) in [5, 5.41) is 2.42. The molecule has 9 heteroatoms. The molecule has 2 rings (SSSR count). The summed E-state index contributed by atoms with van der Waals surface area (Å²) < 4.78 is 23.1. The highest BCUT2D eigenvalue weighted by atomic mass is 32.2. The fourth-order valence-electron chi connectivity index (χ4n) is 2.16. The second-order valence-corrected chi connectivity index (χ2v) is 6.16. The fraction of sp³-hybridized carbons (Fsp3) is 0.235. The molecule has 0 saturated carbocycles. The molecule has 1 heterocycles. The molecular formula is C17H17FN2O5S. The Morgan fingerprint density at radius 3 is 2.46 bits per heavy atom. The Hall–Kier alpha value is -2.81. The quantitative estimate of drug-likeness (QED) is 0.564. The van der Waals surface area contributed by atoms with Crippen LogP contribution in [0.3, 0.4) is 0 Å². The number of aryl methyl sites for hydroxylation is 1. The van der Waals surface area contributed by atoms with Crippen LogP contribution in [0.25, 0.3) is 0 Å². The van der Waals surface area contributed by atoms with E-state index in [-0.39, 0.29) is 40.9 Å². The minimum Gasteiger partial charge on any atom is -0.462 e. The van der Waals surface area contributed by atoms with E-state index < -0.39 is 17.8 Å². The number of nitrogens with one attached hydrogen (secondary N) is 1. The van der Waals surface area contributed by atoms with Crippen molar-refractivity contribution in [3.8, 4) is 0 Å². The molecule has 0 aliphatic rings. The van der Waals surface area contributed by atoms with Gasteiger partial charge in [0.2, 0.25) is 11.8 Å². The topological polar surface area (TPSA) is 112 Å². The second kappa shape index (κ2) is 8.52. The summed E-state index contributed by atoms with van der Waals surface area (Å²) in [5.74, 6) is -2.65. The van der Waals surface area contributed by atoms with Crippen molar-refractivity contribution < 1.29 is 27.9 Å². The van der Waals surface area contributed by atoms with Crippen LogP contribution in [0.1, 0.15) is 33.4 Å². The zero-order valence-corrected chi connectivity index (χ0v) is 14.9. The standard InChI is InChI=1S/C17H17FN2O5S/c1-3-24-17(23)13-9(2)25-16(14(13)15(19)22)20-12(21)8-26-11-6-4-10(18)5-7-11/h4-7H,3,8H2,1-2H3,(H2,19,22)(H,20,21). The Labute approximate surface area is 153 Å². The SMILES string of the molecule is CCOC(=O)c1c(C)oc(NC(=O)CSc2ccc(F)cc2)c1C(N)=O. The molecule has 1 aromatic heterocycles. The number of esters is 1. The number of halogens is 1.